The minimum Gasteiger partial charge on any atom is -0.396 e. The van der Waals surface area contributed by atoms with E-state index < -0.39 is 0 Å². The number of rotatable bonds is 3. The van der Waals surface area contributed by atoms with Crippen LogP contribution in [-0.4, -0.2) is 20.5 Å². The maximum atomic E-state index is 8.42. The predicted molar refractivity (Wildman–Crippen MR) is 35.3 cm³/mol. The molecule has 0 amide bonds. The first-order chi connectivity index (χ1) is 4.43. The molecule has 0 fully saturated rings. The fourth-order valence-corrected chi connectivity index (χ4v) is 1.01. The van der Waals surface area contributed by atoms with Crippen LogP contribution < -0.4 is 0 Å². The summed E-state index contributed by atoms with van der Waals surface area (Å²) in [5.41, 5.74) is 0.981. The van der Waals surface area contributed by atoms with Crippen molar-refractivity contribution in [2.75, 3.05) is 6.61 Å². The summed E-state index contributed by atoms with van der Waals surface area (Å²) >= 11 is 1.21. The summed E-state index contributed by atoms with van der Waals surface area (Å²) in [5, 5.41) is 8.42. The first-order valence-corrected chi connectivity index (χ1v) is 3.54. The molecular formula is C5H8N2OS. The number of aliphatic hydroxyl groups excluding tert-OH is 1. The van der Waals surface area contributed by atoms with E-state index in [1.807, 2.05) is 0 Å². The van der Waals surface area contributed by atoms with Crippen LogP contribution in [0.1, 0.15) is 12.1 Å². The molecule has 0 aromatic carbocycles. The predicted octanol–water partition coefficient (Wildman–Crippen LogP) is 0.463. The molecule has 0 spiro atoms. The van der Waals surface area contributed by atoms with Gasteiger partial charge in [0.15, 0.2) is 0 Å². The second kappa shape index (κ2) is 3.53. The van der Waals surface area contributed by atoms with Crippen molar-refractivity contribution in [2.45, 2.75) is 12.8 Å². The van der Waals surface area contributed by atoms with E-state index in [4.69, 9.17) is 5.11 Å². The van der Waals surface area contributed by atoms with Crippen molar-refractivity contribution in [1.82, 2.24) is 8.75 Å². The Bertz CT molecular complexity index is 152. The van der Waals surface area contributed by atoms with Gasteiger partial charge in [-0.05, 0) is 12.8 Å². The van der Waals surface area contributed by atoms with Crippen LogP contribution in [0.5, 0.6) is 0 Å². The average molecular weight is 144 g/mol. The topological polar surface area (TPSA) is 46.0 Å². The largest absolute Gasteiger partial charge is 0.396 e. The molecule has 4 heteroatoms. The van der Waals surface area contributed by atoms with Gasteiger partial charge in [0.2, 0.25) is 0 Å². The summed E-state index contributed by atoms with van der Waals surface area (Å²) in [6.07, 6.45) is 3.36. The molecule has 1 heterocycles. The van der Waals surface area contributed by atoms with Crippen molar-refractivity contribution < 1.29 is 5.11 Å². The first-order valence-electron chi connectivity index (χ1n) is 2.81. The second-order valence-corrected chi connectivity index (χ2v) is 2.28. The zero-order valence-corrected chi connectivity index (χ0v) is 5.77. The molecule has 1 aromatic rings. The maximum Gasteiger partial charge on any atom is 0.0743 e. The molecule has 50 valence electrons. The van der Waals surface area contributed by atoms with E-state index in [2.05, 4.69) is 8.75 Å². The molecular weight excluding hydrogens is 136 g/mol. The molecule has 0 unspecified atom stereocenters. The van der Waals surface area contributed by atoms with Crippen LogP contribution in [0, 0.1) is 0 Å². The van der Waals surface area contributed by atoms with E-state index in [9.17, 15) is 0 Å². The Hall–Kier alpha value is -0.480. The lowest BCUT2D eigenvalue weighted by Gasteiger charge is -1.87. The highest BCUT2D eigenvalue weighted by Crippen LogP contribution is 1.97. The zero-order valence-electron chi connectivity index (χ0n) is 4.95. The molecule has 0 atom stereocenters. The third kappa shape index (κ3) is 2.07. The number of aliphatic hydroxyl groups is 1. The zero-order chi connectivity index (χ0) is 6.53. The lowest BCUT2D eigenvalue weighted by molar-refractivity contribution is 0.288. The van der Waals surface area contributed by atoms with Gasteiger partial charge in [-0.2, -0.15) is 8.75 Å². The monoisotopic (exact) mass is 144 g/mol. The summed E-state index contributed by atoms with van der Waals surface area (Å²) in [7, 11) is 0. The molecule has 0 aliphatic rings. The standard InChI is InChI=1S/C5H8N2OS/c8-3-1-2-5-4-6-9-7-5/h4,8H,1-3H2. The van der Waals surface area contributed by atoms with E-state index in [1.54, 1.807) is 6.20 Å². The molecule has 1 aromatic heterocycles. The Morgan fingerprint density at radius 2 is 2.56 bits per heavy atom. The molecule has 0 bridgehead atoms. The highest BCUT2D eigenvalue weighted by Gasteiger charge is 1.92. The van der Waals surface area contributed by atoms with Crippen molar-refractivity contribution in [2.24, 2.45) is 0 Å². The normalized spacial score (nSPS) is 9.89. The Morgan fingerprint density at radius 3 is 3.11 bits per heavy atom. The minimum absolute atomic E-state index is 0.234. The Morgan fingerprint density at radius 1 is 1.67 bits per heavy atom. The van der Waals surface area contributed by atoms with Gasteiger partial charge in [-0.15, -0.1) is 0 Å². The highest BCUT2D eigenvalue weighted by molar-refractivity contribution is 6.99. The van der Waals surface area contributed by atoms with Crippen molar-refractivity contribution in [3.8, 4) is 0 Å². The van der Waals surface area contributed by atoms with Gasteiger partial charge in [0.1, 0.15) is 0 Å². The Kier molecular flexibility index (Phi) is 2.60. The summed E-state index contributed by atoms with van der Waals surface area (Å²) in [6.45, 7) is 0.234. The van der Waals surface area contributed by atoms with E-state index in [-0.39, 0.29) is 6.61 Å². The molecule has 0 saturated heterocycles. The van der Waals surface area contributed by atoms with Gasteiger partial charge in [-0.3, -0.25) is 0 Å². The van der Waals surface area contributed by atoms with Crippen molar-refractivity contribution in [3.63, 3.8) is 0 Å². The first kappa shape index (κ1) is 6.64. The van der Waals surface area contributed by atoms with E-state index >= 15 is 0 Å². The fourth-order valence-electron chi connectivity index (χ4n) is 0.554. The highest BCUT2D eigenvalue weighted by atomic mass is 32.1. The van der Waals surface area contributed by atoms with Crippen LogP contribution in [0.2, 0.25) is 0 Å². The average Bonchev–Trinajstić information content (AvgIpc) is 2.34. The second-order valence-electron chi connectivity index (χ2n) is 1.73. The lowest BCUT2D eigenvalue weighted by atomic mass is 10.3. The van der Waals surface area contributed by atoms with Gasteiger partial charge < -0.3 is 5.11 Å². The molecule has 3 nitrogen and oxygen atoms in total. The van der Waals surface area contributed by atoms with E-state index in [0.717, 1.165) is 18.5 Å². The maximum absolute atomic E-state index is 8.42. The van der Waals surface area contributed by atoms with Gasteiger partial charge in [-0.1, -0.05) is 0 Å². The van der Waals surface area contributed by atoms with Crippen molar-refractivity contribution in [3.05, 3.63) is 11.9 Å². The van der Waals surface area contributed by atoms with Gasteiger partial charge in [0.25, 0.3) is 0 Å². The Balaban J connectivity index is 2.30. The number of hydrogen-bond donors (Lipinski definition) is 1. The molecule has 1 rings (SSSR count). The summed E-state index contributed by atoms with van der Waals surface area (Å²) in [6, 6.07) is 0. The molecule has 0 radical (unpaired) electrons. The van der Waals surface area contributed by atoms with Gasteiger partial charge in [0, 0.05) is 6.61 Å². The summed E-state index contributed by atoms with van der Waals surface area (Å²) in [5.74, 6) is 0. The van der Waals surface area contributed by atoms with Gasteiger partial charge in [-0.25, -0.2) is 0 Å². The number of nitrogens with zero attached hydrogens (tertiary/aromatic N) is 2. The van der Waals surface area contributed by atoms with Crippen molar-refractivity contribution >= 4 is 11.7 Å². The van der Waals surface area contributed by atoms with Crippen LogP contribution in [0.15, 0.2) is 6.20 Å². The minimum atomic E-state index is 0.234. The SMILES string of the molecule is OCCCc1cnsn1. The van der Waals surface area contributed by atoms with E-state index in [0.29, 0.717) is 0 Å². The molecule has 0 aliphatic heterocycles. The van der Waals surface area contributed by atoms with Crippen LogP contribution in [0.4, 0.5) is 0 Å². The van der Waals surface area contributed by atoms with Crippen LogP contribution in [-0.2, 0) is 6.42 Å². The number of hydrogen-bond acceptors (Lipinski definition) is 4. The Labute approximate surface area is 57.7 Å². The van der Waals surface area contributed by atoms with Crippen LogP contribution in [0.25, 0.3) is 0 Å². The number of aromatic nitrogens is 2. The van der Waals surface area contributed by atoms with Crippen molar-refractivity contribution in [1.29, 1.82) is 0 Å². The molecule has 1 N–H and O–H groups in total. The smallest absolute Gasteiger partial charge is 0.0743 e. The third-order valence-electron chi connectivity index (χ3n) is 0.998. The van der Waals surface area contributed by atoms with Gasteiger partial charge in [0.05, 0.1) is 23.6 Å². The fraction of sp³-hybridized carbons (Fsp3) is 0.600. The summed E-state index contributed by atoms with van der Waals surface area (Å²) in [4.78, 5) is 0. The van der Waals surface area contributed by atoms with Gasteiger partial charge >= 0.3 is 0 Å². The van der Waals surface area contributed by atoms with Crippen LogP contribution >= 0.6 is 11.7 Å². The summed E-state index contributed by atoms with van der Waals surface area (Å²) < 4.78 is 7.80. The number of aryl methyl sites for hydroxylation is 1. The van der Waals surface area contributed by atoms with E-state index in [1.165, 1.54) is 11.7 Å². The quantitative estimate of drug-likeness (QED) is 0.670. The molecule has 9 heavy (non-hydrogen) atoms. The van der Waals surface area contributed by atoms with Crippen LogP contribution in [0.3, 0.4) is 0 Å². The molecule has 0 saturated carbocycles. The lowest BCUT2D eigenvalue weighted by Crippen LogP contribution is -1.87. The third-order valence-corrected chi connectivity index (χ3v) is 1.51. The molecule has 0 aliphatic carbocycles.